The highest BCUT2D eigenvalue weighted by Crippen LogP contribution is 2.30. The van der Waals surface area contributed by atoms with Gasteiger partial charge in [-0.25, -0.2) is 0 Å². The first kappa shape index (κ1) is 23.4. The molecule has 1 aliphatic heterocycles. The van der Waals surface area contributed by atoms with E-state index >= 15 is 0 Å². The number of hydrogen-bond acceptors (Lipinski definition) is 7. The van der Waals surface area contributed by atoms with Gasteiger partial charge in [0.05, 0.1) is 19.9 Å². The van der Waals surface area contributed by atoms with E-state index in [1.807, 2.05) is 24.3 Å². The van der Waals surface area contributed by atoms with E-state index in [0.717, 1.165) is 44.0 Å². The van der Waals surface area contributed by atoms with E-state index < -0.39 is 5.91 Å². The molecule has 1 aliphatic rings. The van der Waals surface area contributed by atoms with Gasteiger partial charge in [-0.3, -0.25) is 9.89 Å². The van der Waals surface area contributed by atoms with Gasteiger partial charge in [-0.1, -0.05) is 6.92 Å². The Labute approximate surface area is 199 Å². The number of H-pyrrole nitrogens is 1. The molecule has 180 valence electrons. The van der Waals surface area contributed by atoms with Gasteiger partial charge in [-0.2, -0.15) is 0 Å². The Kier molecular flexibility index (Phi) is 7.22. The van der Waals surface area contributed by atoms with Crippen LogP contribution in [0.5, 0.6) is 17.4 Å². The van der Waals surface area contributed by atoms with Crippen molar-refractivity contribution in [2.24, 2.45) is 5.73 Å². The Bertz CT molecular complexity index is 1120. The first-order chi connectivity index (χ1) is 16.5. The standard InChI is InChI=1S/C25H31N5O4/c1-4-29-7-9-30(10-8-29)18-5-6-21(25(26)31)22(13-18)23-15-24(28-27-23)34-16-17-11-19(32-2)14-20(12-17)33-3/h5-6,11-15H,4,7-10,16H2,1-3H3,(H2,26,31)(H,27,28). The molecule has 0 saturated carbocycles. The summed E-state index contributed by atoms with van der Waals surface area (Å²) in [6.07, 6.45) is 0. The molecular weight excluding hydrogens is 434 g/mol. The fraction of sp³-hybridized carbons (Fsp3) is 0.360. The predicted octanol–water partition coefficient (Wildman–Crippen LogP) is 2.91. The third kappa shape index (κ3) is 5.26. The van der Waals surface area contributed by atoms with E-state index in [2.05, 4.69) is 26.9 Å². The lowest BCUT2D eigenvalue weighted by molar-refractivity contribution is 0.100. The van der Waals surface area contributed by atoms with Crippen LogP contribution >= 0.6 is 0 Å². The van der Waals surface area contributed by atoms with Gasteiger partial charge in [0, 0.05) is 55.1 Å². The molecule has 9 heteroatoms. The number of rotatable bonds is 9. The molecule has 4 rings (SSSR count). The van der Waals surface area contributed by atoms with Gasteiger partial charge in [0.25, 0.3) is 0 Å². The number of primary amides is 1. The van der Waals surface area contributed by atoms with Gasteiger partial charge in [-0.15, -0.1) is 5.10 Å². The number of amides is 1. The van der Waals surface area contributed by atoms with Crippen LogP contribution in [0.3, 0.4) is 0 Å². The Morgan fingerprint density at radius 2 is 1.74 bits per heavy atom. The maximum atomic E-state index is 12.1. The molecule has 3 aromatic rings. The molecule has 1 amide bonds. The van der Waals surface area contributed by atoms with E-state index in [4.69, 9.17) is 19.9 Å². The van der Waals surface area contributed by atoms with Crippen LogP contribution in [-0.2, 0) is 6.61 Å². The minimum atomic E-state index is -0.488. The first-order valence-corrected chi connectivity index (χ1v) is 11.3. The lowest BCUT2D eigenvalue weighted by Crippen LogP contribution is -2.46. The minimum Gasteiger partial charge on any atom is -0.497 e. The van der Waals surface area contributed by atoms with Crippen LogP contribution in [0.25, 0.3) is 11.3 Å². The van der Waals surface area contributed by atoms with Crippen molar-refractivity contribution in [2.45, 2.75) is 13.5 Å². The van der Waals surface area contributed by atoms with E-state index in [1.165, 1.54) is 0 Å². The number of aromatic nitrogens is 2. The summed E-state index contributed by atoms with van der Waals surface area (Å²) >= 11 is 0. The molecule has 0 bridgehead atoms. The molecule has 0 unspecified atom stereocenters. The van der Waals surface area contributed by atoms with Crippen molar-refractivity contribution in [1.82, 2.24) is 15.1 Å². The third-order valence-corrected chi connectivity index (χ3v) is 6.10. The van der Waals surface area contributed by atoms with E-state index in [-0.39, 0.29) is 6.61 Å². The quantitative estimate of drug-likeness (QED) is 0.500. The van der Waals surface area contributed by atoms with Crippen molar-refractivity contribution in [1.29, 1.82) is 0 Å². The summed E-state index contributed by atoms with van der Waals surface area (Å²) in [4.78, 5) is 16.9. The smallest absolute Gasteiger partial charge is 0.249 e. The predicted molar refractivity (Wildman–Crippen MR) is 131 cm³/mol. The average Bonchev–Trinajstić information content (AvgIpc) is 3.36. The van der Waals surface area contributed by atoms with Crippen molar-refractivity contribution >= 4 is 11.6 Å². The summed E-state index contributed by atoms with van der Waals surface area (Å²) in [6, 6.07) is 13.1. The van der Waals surface area contributed by atoms with Crippen LogP contribution in [0.1, 0.15) is 22.8 Å². The maximum absolute atomic E-state index is 12.1. The number of nitrogens with zero attached hydrogens (tertiary/aromatic N) is 3. The molecule has 1 saturated heterocycles. The Balaban J connectivity index is 1.53. The fourth-order valence-electron chi connectivity index (χ4n) is 4.11. The van der Waals surface area contributed by atoms with Crippen molar-refractivity contribution in [3.05, 3.63) is 53.6 Å². The second-order valence-corrected chi connectivity index (χ2v) is 8.14. The molecule has 2 heterocycles. The number of carbonyl (C=O) groups is 1. The number of nitrogens with one attached hydrogen (secondary N) is 1. The van der Waals surface area contributed by atoms with E-state index in [1.54, 1.807) is 32.4 Å². The zero-order valence-corrected chi connectivity index (χ0v) is 19.8. The second-order valence-electron chi connectivity index (χ2n) is 8.14. The van der Waals surface area contributed by atoms with Crippen molar-refractivity contribution in [2.75, 3.05) is 51.8 Å². The van der Waals surface area contributed by atoms with Gasteiger partial charge >= 0.3 is 0 Å². The van der Waals surface area contributed by atoms with E-state index in [0.29, 0.717) is 34.2 Å². The number of hydrogen-bond donors (Lipinski definition) is 2. The zero-order chi connectivity index (χ0) is 24.1. The largest absolute Gasteiger partial charge is 0.497 e. The van der Waals surface area contributed by atoms with E-state index in [9.17, 15) is 4.79 Å². The number of carbonyl (C=O) groups excluding carboxylic acids is 1. The average molecular weight is 466 g/mol. The highest BCUT2D eigenvalue weighted by molar-refractivity contribution is 6.00. The zero-order valence-electron chi connectivity index (χ0n) is 19.8. The molecule has 3 N–H and O–H groups in total. The van der Waals surface area contributed by atoms with Crippen molar-refractivity contribution in [3.8, 4) is 28.6 Å². The fourth-order valence-corrected chi connectivity index (χ4v) is 4.11. The van der Waals surface area contributed by atoms with Gasteiger partial charge in [0.1, 0.15) is 18.1 Å². The normalized spacial score (nSPS) is 14.1. The number of piperazine rings is 1. The van der Waals surface area contributed by atoms with Gasteiger partial charge in [-0.05, 0) is 42.4 Å². The molecule has 2 aromatic carbocycles. The second kappa shape index (κ2) is 10.5. The maximum Gasteiger partial charge on any atom is 0.249 e. The number of likely N-dealkylation sites (N-methyl/N-ethyl adjacent to an activating group) is 1. The number of methoxy groups -OCH3 is 2. The van der Waals surface area contributed by atoms with Crippen LogP contribution in [0, 0.1) is 0 Å². The lowest BCUT2D eigenvalue weighted by atomic mass is 10.0. The van der Waals surface area contributed by atoms with Gasteiger partial charge < -0.3 is 29.7 Å². The third-order valence-electron chi connectivity index (χ3n) is 6.10. The van der Waals surface area contributed by atoms with Crippen LogP contribution in [0.15, 0.2) is 42.5 Å². The summed E-state index contributed by atoms with van der Waals surface area (Å²) in [6.45, 7) is 7.41. The van der Waals surface area contributed by atoms with Crippen molar-refractivity contribution in [3.63, 3.8) is 0 Å². The Hall–Kier alpha value is -3.72. The lowest BCUT2D eigenvalue weighted by Gasteiger charge is -2.35. The van der Waals surface area contributed by atoms with Crippen molar-refractivity contribution < 1.29 is 19.0 Å². The number of ether oxygens (including phenoxy) is 3. The molecule has 0 atom stereocenters. The molecule has 1 fully saturated rings. The molecule has 34 heavy (non-hydrogen) atoms. The van der Waals surface area contributed by atoms with Crippen LogP contribution < -0.4 is 24.8 Å². The number of aromatic amines is 1. The minimum absolute atomic E-state index is 0.280. The molecule has 9 nitrogen and oxygen atoms in total. The first-order valence-electron chi connectivity index (χ1n) is 11.3. The molecule has 1 aromatic heterocycles. The highest BCUT2D eigenvalue weighted by atomic mass is 16.5. The summed E-state index contributed by atoms with van der Waals surface area (Å²) in [5.41, 5.74) is 9.40. The van der Waals surface area contributed by atoms with Crippen LogP contribution in [0.4, 0.5) is 5.69 Å². The van der Waals surface area contributed by atoms with Crippen LogP contribution in [-0.4, -0.2) is 67.9 Å². The molecule has 0 aliphatic carbocycles. The SMILES string of the molecule is CCN1CCN(c2ccc(C(N)=O)c(-c3cc(OCc4cc(OC)cc(OC)c4)n[nH]3)c2)CC1. The highest BCUT2D eigenvalue weighted by Gasteiger charge is 2.19. The number of nitrogens with two attached hydrogens (primary N) is 1. The summed E-state index contributed by atoms with van der Waals surface area (Å²) < 4.78 is 16.5. The topological polar surface area (TPSA) is 106 Å². The van der Waals surface area contributed by atoms with Crippen LogP contribution in [0.2, 0.25) is 0 Å². The monoisotopic (exact) mass is 465 g/mol. The summed E-state index contributed by atoms with van der Waals surface area (Å²) in [5.74, 6) is 1.29. The Morgan fingerprint density at radius 1 is 1.03 bits per heavy atom. The summed E-state index contributed by atoms with van der Waals surface area (Å²) in [7, 11) is 3.21. The summed E-state index contributed by atoms with van der Waals surface area (Å²) in [5, 5.41) is 7.26. The molecular formula is C25H31N5O4. The number of anilines is 1. The Morgan fingerprint density at radius 3 is 2.35 bits per heavy atom. The number of benzene rings is 2. The van der Waals surface area contributed by atoms with Gasteiger partial charge in [0.2, 0.25) is 11.8 Å². The molecule has 0 radical (unpaired) electrons. The van der Waals surface area contributed by atoms with Gasteiger partial charge in [0.15, 0.2) is 0 Å². The molecule has 0 spiro atoms.